The van der Waals surface area contributed by atoms with Crippen molar-refractivity contribution < 1.29 is 40.5 Å². The Labute approximate surface area is 122 Å². The standard InChI is InChI=1S/C10H6F7N3O3/c11-7(12)9(13,14)8(21)19-6-4(18)1-3(10(15,16)17)2-5(6)20(22)23/h1-2,7H,18H2,(H,19,21). The second-order valence-corrected chi connectivity index (χ2v) is 4.09. The molecular formula is C10H6F7N3O3. The predicted molar refractivity (Wildman–Crippen MR) is 62.1 cm³/mol. The lowest BCUT2D eigenvalue weighted by Gasteiger charge is -2.16. The largest absolute Gasteiger partial charge is 0.416 e. The minimum absolute atomic E-state index is 0.0769. The van der Waals surface area contributed by atoms with Crippen LogP contribution in [0.15, 0.2) is 12.1 Å². The van der Waals surface area contributed by atoms with E-state index in [2.05, 4.69) is 0 Å². The van der Waals surface area contributed by atoms with Gasteiger partial charge in [0, 0.05) is 6.07 Å². The number of carbonyl (C=O) groups excluding carboxylic acids is 1. The molecule has 1 aromatic rings. The molecule has 0 radical (unpaired) electrons. The number of hydrogen-bond donors (Lipinski definition) is 2. The number of nitrogens with two attached hydrogens (primary N) is 1. The maximum atomic E-state index is 12.8. The molecule has 0 spiro atoms. The third kappa shape index (κ3) is 3.78. The first-order valence-corrected chi connectivity index (χ1v) is 5.41. The molecule has 1 rings (SSSR count). The molecule has 128 valence electrons. The summed E-state index contributed by atoms with van der Waals surface area (Å²) in [5.41, 5.74) is -0.321. The maximum absolute atomic E-state index is 12.8. The van der Waals surface area contributed by atoms with Gasteiger partial charge in [-0.25, -0.2) is 8.78 Å². The van der Waals surface area contributed by atoms with E-state index in [1.54, 1.807) is 0 Å². The smallest absolute Gasteiger partial charge is 0.397 e. The van der Waals surface area contributed by atoms with E-state index in [9.17, 15) is 45.6 Å². The number of nitrogens with one attached hydrogen (secondary N) is 1. The normalized spacial score (nSPS) is 12.3. The summed E-state index contributed by atoms with van der Waals surface area (Å²) in [6.07, 6.45) is -9.48. The number of carbonyl (C=O) groups is 1. The highest BCUT2D eigenvalue weighted by Crippen LogP contribution is 2.39. The van der Waals surface area contributed by atoms with Crippen molar-refractivity contribution >= 4 is 23.0 Å². The highest BCUT2D eigenvalue weighted by atomic mass is 19.4. The fourth-order valence-electron chi connectivity index (χ4n) is 1.39. The molecule has 6 nitrogen and oxygen atoms in total. The summed E-state index contributed by atoms with van der Waals surface area (Å²) in [5, 5.41) is 11.8. The van der Waals surface area contributed by atoms with Crippen LogP contribution in [0.1, 0.15) is 5.56 Å². The van der Waals surface area contributed by atoms with Crippen LogP contribution in [0.2, 0.25) is 0 Å². The van der Waals surface area contributed by atoms with Gasteiger partial charge in [-0.2, -0.15) is 22.0 Å². The van der Waals surface area contributed by atoms with E-state index in [4.69, 9.17) is 5.73 Å². The molecule has 0 aliphatic heterocycles. The quantitative estimate of drug-likeness (QED) is 0.378. The number of hydrogen-bond acceptors (Lipinski definition) is 4. The number of nitro groups is 1. The Kier molecular flexibility index (Phi) is 4.72. The van der Waals surface area contributed by atoms with Gasteiger partial charge in [-0.3, -0.25) is 14.9 Å². The number of nitrogens with zero attached hydrogens (tertiary/aromatic N) is 1. The summed E-state index contributed by atoms with van der Waals surface area (Å²) in [4.78, 5) is 20.3. The predicted octanol–water partition coefficient (Wildman–Crippen LogP) is 3.03. The third-order valence-electron chi connectivity index (χ3n) is 2.49. The molecule has 0 heterocycles. The summed E-state index contributed by atoms with van der Waals surface area (Å²) >= 11 is 0. The minimum Gasteiger partial charge on any atom is -0.397 e. The molecule has 0 bridgehead atoms. The molecule has 13 heteroatoms. The molecule has 1 aromatic carbocycles. The summed E-state index contributed by atoms with van der Waals surface area (Å²) < 4.78 is 87.2. The first-order chi connectivity index (χ1) is 10.3. The van der Waals surface area contributed by atoms with E-state index in [1.807, 2.05) is 0 Å². The molecule has 23 heavy (non-hydrogen) atoms. The first-order valence-electron chi connectivity index (χ1n) is 5.41. The lowest BCUT2D eigenvalue weighted by Crippen LogP contribution is -2.41. The number of anilines is 2. The molecule has 0 aliphatic rings. The Morgan fingerprint density at radius 1 is 1.22 bits per heavy atom. The van der Waals surface area contributed by atoms with E-state index in [0.29, 0.717) is 0 Å². The van der Waals surface area contributed by atoms with Crippen molar-refractivity contribution in [3.05, 3.63) is 27.8 Å². The fraction of sp³-hybridized carbons (Fsp3) is 0.300. The number of alkyl halides is 7. The summed E-state index contributed by atoms with van der Waals surface area (Å²) in [7, 11) is 0. The summed E-state index contributed by atoms with van der Waals surface area (Å²) in [6, 6.07) is 0.0512. The van der Waals surface area contributed by atoms with Crippen molar-refractivity contribution in [2.75, 3.05) is 11.1 Å². The molecule has 0 saturated carbocycles. The number of nitrogen functional groups attached to an aromatic ring is 1. The molecule has 0 saturated heterocycles. The van der Waals surface area contributed by atoms with Crippen LogP contribution in [-0.2, 0) is 11.0 Å². The average molecular weight is 349 g/mol. The van der Waals surface area contributed by atoms with E-state index < -0.39 is 52.0 Å². The van der Waals surface area contributed by atoms with Crippen molar-refractivity contribution in [3.63, 3.8) is 0 Å². The number of halogens is 7. The summed E-state index contributed by atoms with van der Waals surface area (Å²) in [5.74, 6) is -7.87. The van der Waals surface area contributed by atoms with Crippen molar-refractivity contribution in [3.8, 4) is 0 Å². The fourth-order valence-corrected chi connectivity index (χ4v) is 1.39. The second kappa shape index (κ2) is 5.89. The Bertz CT molecular complexity index is 645. The number of amides is 1. The molecule has 0 atom stereocenters. The lowest BCUT2D eigenvalue weighted by atomic mass is 10.1. The van der Waals surface area contributed by atoms with Crippen LogP contribution >= 0.6 is 0 Å². The molecule has 0 fully saturated rings. The molecule has 0 aliphatic carbocycles. The average Bonchev–Trinajstić information content (AvgIpc) is 2.38. The van der Waals surface area contributed by atoms with Crippen LogP contribution in [0.5, 0.6) is 0 Å². The molecule has 3 N–H and O–H groups in total. The van der Waals surface area contributed by atoms with Crippen molar-refractivity contribution in [1.29, 1.82) is 0 Å². The zero-order valence-electron chi connectivity index (χ0n) is 10.6. The second-order valence-electron chi connectivity index (χ2n) is 4.09. The lowest BCUT2D eigenvalue weighted by molar-refractivity contribution is -0.384. The van der Waals surface area contributed by atoms with Gasteiger partial charge in [-0.05, 0) is 6.07 Å². The SMILES string of the molecule is Nc1cc(C(F)(F)F)cc([N+](=O)[O-])c1NC(=O)C(F)(F)C(F)F. The molecular weight excluding hydrogens is 343 g/mol. The van der Waals surface area contributed by atoms with Crippen LogP contribution in [0.3, 0.4) is 0 Å². The van der Waals surface area contributed by atoms with Gasteiger partial charge in [0.05, 0.1) is 16.2 Å². The number of nitro benzene ring substituents is 1. The minimum atomic E-state index is -5.22. The number of benzene rings is 1. The van der Waals surface area contributed by atoms with Gasteiger partial charge in [-0.15, -0.1) is 0 Å². The first kappa shape index (κ1) is 18.4. The third-order valence-corrected chi connectivity index (χ3v) is 2.49. The van der Waals surface area contributed by atoms with Gasteiger partial charge in [-0.1, -0.05) is 0 Å². The van der Waals surface area contributed by atoms with Crippen molar-refractivity contribution in [2.45, 2.75) is 18.5 Å². The molecule has 0 unspecified atom stereocenters. The van der Waals surface area contributed by atoms with Gasteiger partial charge >= 0.3 is 24.4 Å². The maximum Gasteiger partial charge on any atom is 0.416 e. The van der Waals surface area contributed by atoms with Crippen LogP contribution in [0.4, 0.5) is 47.8 Å². The van der Waals surface area contributed by atoms with Gasteiger partial charge in [0.25, 0.3) is 5.69 Å². The zero-order chi connectivity index (χ0) is 18.2. The van der Waals surface area contributed by atoms with Crippen molar-refractivity contribution in [2.24, 2.45) is 0 Å². The molecule has 0 aromatic heterocycles. The topological polar surface area (TPSA) is 98.3 Å². The van der Waals surface area contributed by atoms with Gasteiger partial charge in [0.1, 0.15) is 5.69 Å². The Morgan fingerprint density at radius 3 is 2.13 bits per heavy atom. The van der Waals surface area contributed by atoms with E-state index in [1.165, 1.54) is 0 Å². The Morgan fingerprint density at radius 2 is 1.74 bits per heavy atom. The van der Waals surface area contributed by atoms with Gasteiger partial charge in [0.2, 0.25) is 0 Å². The van der Waals surface area contributed by atoms with Crippen LogP contribution in [0, 0.1) is 10.1 Å². The van der Waals surface area contributed by atoms with E-state index in [0.717, 1.165) is 5.32 Å². The molecule has 1 amide bonds. The van der Waals surface area contributed by atoms with Crippen LogP contribution in [0.25, 0.3) is 0 Å². The zero-order valence-corrected chi connectivity index (χ0v) is 10.6. The van der Waals surface area contributed by atoms with Gasteiger partial charge < -0.3 is 11.1 Å². The number of rotatable bonds is 4. The van der Waals surface area contributed by atoms with Crippen LogP contribution in [-0.4, -0.2) is 23.2 Å². The van der Waals surface area contributed by atoms with E-state index in [-0.39, 0.29) is 12.1 Å². The van der Waals surface area contributed by atoms with E-state index >= 15 is 0 Å². The highest BCUT2D eigenvalue weighted by molar-refractivity contribution is 6.01. The Hall–Kier alpha value is -2.60. The summed E-state index contributed by atoms with van der Waals surface area (Å²) in [6.45, 7) is 0. The van der Waals surface area contributed by atoms with Crippen molar-refractivity contribution in [1.82, 2.24) is 0 Å². The monoisotopic (exact) mass is 349 g/mol. The van der Waals surface area contributed by atoms with Crippen LogP contribution < -0.4 is 11.1 Å². The Balaban J connectivity index is 3.37. The highest BCUT2D eigenvalue weighted by Gasteiger charge is 2.49. The van der Waals surface area contributed by atoms with Gasteiger partial charge in [0.15, 0.2) is 0 Å².